The number of rotatable bonds is 3. The van der Waals surface area contributed by atoms with Gasteiger partial charge in [0.15, 0.2) is 0 Å². The second-order valence-corrected chi connectivity index (χ2v) is 5.76. The van der Waals surface area contributed by atoms with Crippen molar-refractivity contribution in [3.8, 4) is 5.75 Å². The summed E-state index contributed by atoms with van der Waals surface area (Å²) in [6.45, 7) is 8.83. The molecule has 0 aromatic heterocycles. The summed E-state index contributed by atoms with van der Waals surface area (Å²) in [5.74, 6) is 1.72. The summed E-state index contributed by atoms with van der Waals surface area (Å²) in [6, 6.07) is 8.06. The molecule has 0 N–H and O–H groups in total. The Morgan fingerprint density at radius 1 is 1.16 bits per heavy atom. The standard InChI is InChI=1S/C16H23NO2/c1-11(2)16(12(3)4)10-14(17-18-5)13-8-6-7-9-15(13)19-16/h6-9,11-12H,10H2,1-5H3/b17-14+. The molecule has 0 unspecified atom stereocenters. The first-order chi connectivity index (χ1) is 9.01. The highest BCUT2D eigenvalue weighted by molar-refractivity contribution is 6.04. The third-order valence-corrected chi connectivity index (χ3v) is 4.10. The van der Waals surface area contributed by atoms with E-state index in [1.807, 2.05) is 24.3 Å². The minimum Gasteiger partial charge on any atom is -0.486 e. The van der Waals surface area contributed by atoms with E-state index in [1.165, 1.54) is 0 Å². The Bertz CT molecular complexity index is 469. The average molecular weight is 261 g/mol. The topological polar surface area (TPSA) is 30.8 Å². The zero-order valence-corrected chi connectivity index (χ0v) is 12.4. The van der Waals surface area contributed by atoms with Crippen LogP contribution >= 0.6 is 0 Å². The first kappa shape index (κ1) is 13.9. The summed E-state index contributed by atoms with van der Waals surface area (Å²) in [5, 5.41) is 4.22. The van der Waals surface area contributed by atoms with Crippen molar-refractivity contribution in [1.29, 1.82) is 0 Å². The Morgan fingerprint density at radius 3 is 2.37 bits per heavy atom. The first-order valence-electron chi connectivity index (χ1n) is 6.89. The van der Waals surface area contributed by atoms with Crippen LogP contribution in [0.5, 0.6) is 5.75 Å². The van der Waals surface area contributed by atoms with E-state index in [0.717, 1.165) is 23.4 Å². The normalized spacial score (nSPS) is 19.4. The highest BCUT2D eigenvalue weighted by atomic mass is 16.6. The molecular weight excluding hydrogens is 238 g/mol. The van der Waals surface area contributed by atoms with Crippen LogP contribution in [-0.2, 0) is 4.84 Å². The lowest BCUT2D eigenvalue weighted by molar-refractivity contribution is -0.0198. The largest absolute Gasteiger partial charge is 0.486 e. The number of ether oxygens (including phenoxy) is 1. The third-order valence-electron chi connectivity index (χ3n) is 4.10. The Labute approximate surface area is 115 Å². The number of para-hydroxylation sites is 1. The van der Waals surface area contributed by atoms with Crippen LogP contribution in [0.4, 0.5) is 0 Å². The van der Waals surface area contributed by atoms with Crippen LogP contribution in [0.2, 0.25) is 0 Å². The predicted octanol–water partition coefficient (Wildman–Crippen LogP) is 3.87. The van der Waals surface area contributed by atoms with Gasteiger partial charge in [-0.15, -0.1) is 0 Å². The molecule has 104 valence electrons. The number of oxime groups is 1. The smallest absolute Gasteiger partial charge is 0.129 e. The molecule has 0 saturated heterocycles. The van der Waals surface area contributed by atoms with E-state index in [-0.39, 0.29) is 5.60 Å². The molecule has 1 heterocycles. The van der Waals surface area contributed by atoms with Gasteiger partial charge in [-0.1, -0.05) is 45.0 Å². The van der Waals surface area contributed by atoms with Gasteiger partial charge in [0.1, 0.15) is 18.5 Å². The van der Waals surface area contributed by atoms with E-state index in [0.29, 0.717) is 11.8 Å². The van der Waals surface area contributed by atoms with Crippen LogP contribution in [0.15, 0.2) is 29.4 Å². The molecule has 0 atom stereocenters. The van der Waals surface area contributed by atoms with E-state index < -0.39 is 0 Å². The van der Waals surface area contributed by atoms with Gasteiger partial charge < -0.3 is 9.57 Å². The van der Waals surface area contributed by atoms with E-state index in [1.54, 1.807) is 7.11 Å². The molecule has 0 radical (unpaired) electrons. The van der Waals surface area contributed by atoms with Crippen LogP contribution in [0.1, 0.15) is 39.7 Å². The van der Waals surface area contributed by atoms with Crippen molar-refractivity contribution in [2.75, 3.05) is 7.11 Å². The van der Waals surface area contributed by atoms with Gasteiger partial charge in [-0.2, -0.15) is 0 Å². The highest BCUT2D eigenvalue weighted by Gasteiger charge is 2.44. The summed E-state index contributed by atoms with van der Waals surface area (Å²) in [6.07, 6.45) is 0.785. The van der Waals surface area contributed by atoms with Crippen molar-refractivity contribution in [3.63, 3.8) is 0 Å². The molecule has 2 rings (SSSR count). The van der Waals surface area contributed by atoms with Gasteiger partial charge in [-0.25, -0.2) is 0 Å². The van der Waals surface area contributed by atoms with E-state index in [9.17, 15) is 0 Å². The second-order valence-electron chi connectivity index (χ2n) is 5.76. The Hall–Kier alpha value is -1.51. The lowest BCUT2D eigenvalue weighted by Gasteiger charge is -2.45. The van der Waals surface area contributed by atoms with Crippen molar-refractivity contribution in [2.45, 2.75) is 39.7 Å². The molecule has 1 aromatic rings. The minimum absolute atomic E-state index is 0.217. The Kier molecular flexibility index (Phi) is 3.83. The van der Waals surface area contributed by atoms with Gasteiger partial charge in [0.25, 0.3) is 0 Å². The summed E-state index contributed by atoms with van der Waals surface area (Å²) >= 11 is 0. The molecule has 0 amide bonds. The molecule has 0 aliphatic carbocycles. The zero-order chi connectivity index (χ0) is 14.0. The number of fused-ring (bicyclic) bond motifs is 1. The van der Waals surface area contributed by atoms with E-state index in [4.69, 9.17) is 9.57 Å². The quantitative estimate of drug-likeness (QED) is 0.773. The van der Waals surface area contributed by atoms with Crippen molar-refractivity contribution in [1.82, 2.24) is 0 Å². The van der Waals surface area contributed by atoms with Gasteiger partial charge in [0.05, 0.1) is 5.71 Å². The number of nitrogens with zero attached hydrogens (tertiary/aromatic N) is 1. The SMILES string of the molecule is CO/N=C1\CC(C(C)C)(C(C)C)Oc2ccccc21. The highest BCUT2D eigenvalue weighted by Crippen LogP contribution is 2.42. The fourth-order valence-corrected chi connectivity index (χ4v) is 2.89. The molecule has 3 nitrogen and oxygen atoms in total. The van der Waals surface area contributed by atoms with Crippen LogP contribution in [0.25, 0.3) is 0 Å². The molecule has 0 bridgehead atoms. The third kappa shape index (κ3) is 2.34. The molecule has 19 heavy (non-hydrogen) atoms. The Morgan fingerprint density at radius 2 is 1.79 bits per heavy atom. The fourth-order valence-electron chi connectivity index (χ4n) is 2.89. The molecule has 0 fully saturated rings. The van der Waals surface area contributed by atoms with Crippen LogP contribution in [0, 0.1) is 11.8 Å². The van der Waals surface area contributed by atoms with Crippen LogP contribution in [0.3, 0.4) is 0 Å². The van der Waals surface area contributed by atoms with Gasteiger partial charge >= 0.3 is 0 Å². The molecular formula is C16H23NO2. The number of hydrogen-bond donors (Lipinski definition) is 0. The van der Waals surface area contributed by atoms with Gasteiger partial charge in [0.2, 0.25) is 0 Å². The molecule has 0 saturated carbocycles. The van der Waals surface area contributed by atoms with E-state index >= 15 is 0 Å². The lowest BCUT2D eigenvalue weighted by atomic mass is 9.74. The summed E-state index contributed by atoms with van der Waals surface area (Å²) < 4.78 is 6.38. The average Bonchev–Trinajstić information content (AvgIpc) is 2.38. The monoisotopic (exact) mass is 261 g/mol. The van der Waals surface area contributed by atoms with Crippen molar-refractivity contribution < 1.29 is 9.57 Å². The van der Waals surface area contributed by atoms with Crippen molar-refractivity contribution >= 4 is 5.71 Å². The Balaban J connectivity index is 2.53. The van der Waals surface area contributed by atoms with Crippen LogP contribution < -0.4 is 4.74 Å². The second kappa shape index (κ2) is 5.24. The number of hydrogen-bond acceptors (Lipinski definition) is 3. The lowest BCUT2D eigenvalue weighted by Crippen LogP contribution is -2.50. The molecule has 1 aromatic carbocycles. The minimum atomic E-state index is -0.217. The van der Waals surface area contributed by atoms with E-state index in [2.05, 4.69) is 32.9 Å². The summed E-state index contributed by atoms with van der Waals surface area (Å²) in [7, 11) is 1.59. The zero-order valence-electron chi connectivity index (χ0n) is 12.4. The molecule has 1 aliphatic rings. The summed E-state index contributed by atoms with van der Waals surface area (Å²) in [5.41, 5.74) is 1.80. The van der Waals surface area contributed by atoms with Gasteiger partial charge in [0, 0.05) is 12.0 Å². The maximum atomic E-state index is 6.38. The van der Waals surface area contributed by atoms with Crippen molar-refractivity contribution in [2.24, 2.45) is 17.0 Å². The van der Waals surface area contributed by atoms with Gasteiger partial charge in [-0.05, 0) is 24.0 Å². The molecule has 1 aliphatic heterocycles. The first-order valence-corrected chi connectivity index (χ1v) is 6.89. The maximum absolute atomic E-state index is 6.38. The summed E-state index contributed by atoms with van der Waals surface area (Å²) in [4.78, 5) is 5.02. The number of benzene rings is 1. The molecule has 3 heteroatoms. The van der Waals surface area contributed by atoms with Gasteiger partial charge in [-0.3, -0.25) is 0 Å². The molecule has 0 spiro atoms. The maximum Gasteiger partial charge on any atom is 0.129 e. The van der Waals surface area contributed by atoms with Crippen LogP contribution in [-0.4, -0.2) is 18.4 Å². The predicted molar refractivity (Wildman–Crippen MR) is 77.6 cm³/mol. The van der Waals surface area contributed by atoms with Crippen molar-refractivity contribution in [3.05, 3.63) is 29.8 Å². The fraction of sp³-hybridized carbons (Fsp3) is 0.562.